The summed E-state index contributed by atoms with van der Waals surface area (Å²) in [5.74, 6) is 1.69. The molecule has 1 aliphatic rings. The van der Waals surface area contributed by atoms with Crippen molar-refractivity contribution in [2.24, 2.45) is 11.3 Å². The molecule has 0 radical (unpaired) electrons. The SMILES string of the molecule is CSc1cccc(Nc2ncnc3sc4c(c23)CCC(C(C)(C)C)C4)c1. The molecule has 2 aromatic heterocycles. The first-order valence-electron chi connectivity index (χ1n) is 9.12. The predicted octanol–water partition coefficient (Wildman–Crippen LogP) is 6.31. The molecular formula is C21H25N3S2. The van der Waals surface area contributed by atoms with Gasteiger partial charge in [-0.2, -0.15) is 0 Å². The van der Waals surface area contributed by atoms with Crippen LogP contribution in [0.4, 0.5) is 11.5 Å². The summed E-state index contributed by atoms with van der Waals surface area (Å²) in [6.07, 6.45) is 7.33. The van der Waals surface area contributed by atoms with Crippen LogP contribution in [0.3, 0.4) is 0 Å². The fourth-order valence-corrected chi connectivity index (χ4v) is 5.51. The topological polar surface area (TPSA) is 37.8 Å². The molecule has 2 heterocycles. The van der Waals surface area contributed by atoms with E-state index in [0.717, 1.165) is 28.7 Å². The van der Waals surface area contributed by atoms with E-state index in [9.17, 15) is 0 Å². The molecule has 0 fully saturated rings. The van der Waals surface area contributed by atoms with Crippen molar-refractivity contribution in [3.05, 3.63) is 41.0 Å². The highest BCUT2D eigenvalue weighted by atomic mass is 32.2. The molecule has 0 amide bonds. The van der Waals surface area contributed by atoms with Crippen LogP contribution in [0, 0.1) is 11.3 Å². The van der Waals surface area contributed by atoms with Crippen LogP contribution < -0.4 is 5.32 Å². The Hall–Kier alpha value is -1.59. The van der Waals surface area contributed by atoms with E-state index in [0.29, 0.717) is 5.41 Å². The lowest BCUT2D eigenvalue weighted by Crippen LogP contribution is -2.26. The van der Waals surface area contributed by atoms with Gasteiger partial charge in [0.05, 0.1) is 5.39 Å². The van der Waals surface area contributed by atoms with Crippen LogP contribution in [-0.2, 0) is 12.8 Å². The van der Waals surface area contributed by atoms with Crippen molar-refractivity contribution < 1.29 is 0 Å². The van der Waals surface area contributed by atoms with E-state index in [1.54, 1.807) is 18.1 Å². The summed E-state index contributed by atoms with van der Waals surface area (Å²) in [5, 5.41) is 4.77. The van der Waals surface area contributed by atoms with Crippen LogP contribution in [0.25, 0.3) is 10.2 Å². The average Bonchev–Trinajstić information content (AvgIpc) is 3.00. The molecule has 3 nitrogen and oxygen atoms in total. The molecule has 1 unspecified atom stereocenters. The summed E-state index contributed by atoms with van der Waals surface area (Å²) < 4.78 is 0. The van der Waals surface area contributed by atoms with Gasteiger partial charge in [0, 0.05) is 15.5 Å². The maximum Gasteiger partial charge on any atom is 0.142 e. The zero-order valence-electron chi connectivity index (χ0n) is 15.8. The van der Waals surface area contributed by atoms with Gasteiger partial charge in [0.2, 0.25) is 0 Å². The Kier molecular flexibility index (Phi) is 4.70. The number of hydrogen-bond acceptors (Lipinski definition) is 5. The van der Waals surface area contributed by atoms with Gasteiger partial charge in [-0.05, 0) is 60.6 Å². The second kappa shape index (κ2) is 6.86. The normalized spacial score (nSPS) is 17.3. The molecule has 4 rings (SSSR count). The minimum atomic E-state index is 0.360. The van der Waals surface area contributed by atoms with Crippen LogP contribution in [0.15, 0.2) is 35.5 Å². The third-order valence-electron chi connectivity index (χ3n) is 5.40. The second-order valence-corrected chi connectivity index (χ2v) is 10.0. The molecular weight excluding hydrogens is 358 g/mol. The molecule has 3 aromatic rings. The Morgan fingerprint density at radius 3 is 2.85 bits per heavy atom. The Labute approximate surface area is 163 Å². The lowest BCUT2D eigenvalue weighted by atomic mass is 9.72. The second-order valence-electron chi connectivity index (χ2n) is 8.07. The number of nitrogens with zero attached hydrogens (tertiary/aromatic N) is 2. The quantitative estimate of drug-likeness (QED) is 0.538. The molecule has 136 valence electrons. The van der Waals surface area contributed by atoms with Crippen molar-refractivity contribution in [2.45, 2.75) is 44.9 Å². The Balaban J connectivity index is 1.72. The highest BCUT2D eigenvalue weighted by Gasteiger charge is 2.31. The van der Waals surface area contributed by atoms with Gasteiger partial charge in [-0.1, -0.05) is 26.8 Å². The molecule has 0 spiro atoms. The van der Waals surface area contributed by atoms with Crippen LogP contribution in [0.2, 0.25) is 0 Å². The van der Waals surface area contributed by atoms with E-state index in [1.165, 1.54) is 33.6 Å². The molecule has 1 atom stereocenters. The summed E-state index contributed by atoms with van der Waals surface area (Å²) >= 11 is 3.61. The number of aromatic nitrogens is 2. The van der Waals surface area contributed by atoms with Crippen molar-refractivity contribution in [1.29, 1.82) is 0 Å². The summed E-state index contributed by atoms with van der Waals surface area (Å²) in [5.41, 5.74) is 2.91. The van der Waals surface area contributed by atoms with Gasteiger partial charge in [0.1, 0.15) is 17.0 Å². The van der Waals surface area contributed by atoms with E-state index < -0.39 is 0 Å². The largest absolute Gasteiger partial charge is 0.340 e. The number of nitrogens with one attached hydrogen (secondary N) is 1. The van der Waals surface area contributed by atoms with Gasteiger partial charge in [0.25, 0.3) is 0 Å². The van der Waals surface area contributed by atoms with E-state index >= 15 is 0 Å². The predicted molar refractivity (Wildman–Crippen MR) is 114 cm³/mol. The fraction of sp³-hybridized carbons (Fsp3) is 0.429. The van der Waals surface area contributed by atoms with Crippen molar-refractivity contribution in [1.82, 2.24) is 9.97 Å². The third-order valence-corrected chi connectivity index (χ3v) is 7.29. The Morgan fingerprint density at radius 2 is 2.08 bits per heavy atom. The minimum absolute atomic E-state index is 0.360. The number of thioether (sulfide) groups is 1. The first-order chi connectivity index (χ1) is 12.5. The smallest absolute Gasteiger partial charge is 0.142 e. The molecule has 0 bridgehead atoms. The van der Waals surface area contributed by atoms with E-state index in [4.69, 9.17) is 0 Å². The van der Waals surface area contributed by atoms with Crippen LogP contribution in [-0.4, -0.2) is 16.2 Å². The van der Waals surface area contributed by atoms with Crippen molar-refractivity contribution in [2.75, 3.05) is 11.6 Å². The highest BCUT2D eigenvalue weighted by molar-refractivity contribution is 7.98. The Morgan fingerprint density at radius 1 is 1.23 bits per heavy atom. The van der Waals surface area contributed by atoms with Crippen LogP contribution in [0.1, 0.15) is 37.6 Å². The Bertz CT molecular complexity index is 940. The maximum atomic E-state index is 4.58. The lowest BCUT2D eigenvalue weighted by molar-refractivity contribution is 0.218. The molecule has 1 aromatic carbocycles. The number of thiophene rings is 1. The maximum absolute atomic E-state index is 4.58. The standard InChI is InChI=1S/C21H25N3S2/c1-21(2,3)13-8-9-16-17(10-13)26-20-18(16)19(22-12-23-20)24-14-6-5-7-15(11-14)25-4/h5-7,11-13H,8-10H2,1-4H3,(H,22,23,24). The van der Waals surface area contributed by atoms with E-state index in [-0.39, 0.29) is 0 Å². The molecule has 0 saturated carbocycles. The lowest BCUT2D eigenvalue weighted by Gasteiger charge is -2.33. The van der Waals surface area contributed by atoms with Crippen molar-refractivity contribution >= 4 is 44.8 Å². The number of fused-ring (bicyclic) bond motifs is 3. The van der Waals surface area contributed by atoms with Gasteiger partial charge in [-0.3, -0.25) is 0 Å². The fourth-order valence-electron chi connectivity index (χ4n) is 3.78. The third kappa shape index (κ3) is 3.35. The number of anilines is 2. The van der Waals surface area contributed by atoms with Gasteiger partial charge >= 0.3 is 0 Å². The number of hydrogen-bond donors (Lipinski definition) is 1. The zero-order chi connectivity index (χ0) is 18.3. The van der Waals surface area contributed by atoms with Gasteiger partial charge in [0.15, 0.2) is 0 Å². The van der Waals surface area contributed by atoms with Gasteiger partial charge in [-0.25, -0.2) is 9.97 Å². The zero-order valence-corrected chi connectivity index (χ0v) is 17.4. The summed E-state index contributed by atoms with van der Waals surface area (Å²) in [7, 11) is 0. The van der Waals surface area contributed by atoms with Gasteiger partial charge in [-0.15, -0.1) is 23.1 Å². The number of aryl methyl sites for hydroxylation is 1. The molecule has 1 N–H and O–H groups in total. The minimum Gasteiger partial charge on any atom is -0.340 e. The first-order valence-corrected chi connectivity index (χ1v) is 11.2. The van der Waals surface area contributed by atoms with E-state index in [1.807, 2.05) is 11.3 Å². The number of rotatable bonds is 3. The molecule has 5 heteroatoms. The molecule has 0 saturated heterocycles. The van der Waals surface area contributed by atoms with Gasteiger partial charge < -0.3 is 5.32 Å². The average molecular weight is 384 g/mol. The summed E-state index contributed by atoms with van der Waals surface area (Å²) in [6.45, 7) is 7.09. The van der Waals surface area contributed by atoms with Crippen LogP contribution in [0.5, 0.6) is 0 Å². The molecule has 1 aliphatic carbocycles. The van der Waals surface area contributed by atoms with E-state index in [2.05, 4.69) is 66.6 Å². The molecule has 0 aliphatic heterocycles. The number of benzene rings is 1. The van der Waals surface area contributed by atoms with Crippen molar-refractivity contribution in [3.8, 4) is 0 Å². The first kappa shape index (κ1) is 17.8. The highest BCUT2D eigenvalue weighted by Crippen LogP contribution is 2.44. The monoisotopic (exact) mass is 383 g/mol. The van der Waals surface area contributed by atoms with Crippen LogP contribution >= 0.6 is 23.1 Å². The molecule has 26 heavy (non-hydrogen) atoms. The summed E-state index contributed by atoms with van der Waals surface area (Å²) in [4.78, 5) is 13.0. The van der Waals surface area contributed by atoms with Crippen molar-refractivity contribution in [3.63, 3.8) is 0 Å². The summed E-state index contributed by atoms with van der Waals surface area (Å²) in [6, 6.07) is 8.49.